The Labute approximate surface area is 104 Å². The van der Waals surface area contributed by atoms with Crippen LogP contribution in [-0.4, -0.2) is 25.0 Å². The molecule has 0 aromatic heterocycles. The van der Waals surface area contributed by atoms with E-state index in [4.69, 9.17) is 16.3 Å². The van der Waals surface area contributed by atoms with Gasteiger partial charge in [-0.25, -0.2) is 4.79 Å². The van der Waals surface area contributed by atoms with Gasteiger partial charge in [0.25, 0.3) is 0 Å². The van der Waals surface area contributed by atoms with E-state index in [1.807, 2.05) is 0 Å². The van der Waals surface area contributed by atoms with Crippen molar-refractivity contribution in [3.8, 4) is 0 Å². The molecule has 1 aliphatic rings. The second kappa shape index (κ2) is 4.75. The quantitative estimate of drug-likeness (QED) is 0.758. The Bertz CT molecular complexity index is 461. The molecule has 2 rings (SSSR count). The summed E-state index contributed by atoms with van der Waals surface area (Å²) in [4.78, 5) is 24.8. The van der Waals surface area contributed by atoms with Crippen molar-refractivity contribution in [2.75, 3.05) is 12.0 Å². The van der Waals surface area contributed by atoms with E-state index < -0.39 is 12.0 Å². The van der Waals surface area contributed by atoms with Crippen LogP contribution in [0.1, 0.15) is 12.8 Å². The maximum Gasteiger partial charge on any atom is 0.328 e. The van der Waals surface area contributed by atoms with Crippen molar-refractivity contribution in [1.82, 2.24) is 0 Å². The number of carbonyl (C=O) groups is 2. The van der Waals surface area contributed by atoms with E-state index in [-0.39, 0.29) is 5.91 Å². The molecule has 1 aromatic rings. The minimum Gasteiger partial charge on any atom is -0.467 e. The van der Waals surface area contributed by atoms with Gasteiger partial charge in [0.15, 0.2) is 0 Å². The number of ether oxygens (including phenoxy) is 1. The number of carbonyl (C=O) groups excluding carboxylic acids is 2. The van der Waals surface area contributed by atoms with Crippen molar-refractivity contribution in [2.24, 2.45) is 0 Å². The monoisotopic (exact) mass is 253 g/mol. The van der Waals surface area contributed by atoms with Gasteiger partial charge in [0, 0.05) is 6.42 Å². The third kappa shape index (κ3) is 2.13. The molecule has 1 aliphatic heterocycles. The zero-order valence-electron chi connectivity index (χ0n) is 9.35. The predicted octanol–water partition coefficient (Wildman–Crippen LogP) is 2.01. The van der Waals surface area contributed by atoms with Crippen molar-refractivity contribution in [1.29, 1.82) is 0 Å². The normalized spacial score (nSPS) is 19.5. The number of hydrogen-bond donors (Lipinski definition) is 0. The number of benzene rings is 1. The highest BCUT2D eigenvalue weighted by atomic mass is 35.5. The molecule has 90 valence electrons. The first-order valence-corrected chi connectivity index (χ1v) is 5.67. The van der Waals surface area contributed by atoms with Crippen LogP contribution in [0, 0.1) is 0 Å². The summed E-state index contributed by atoms with van der Waals surface area (Å²) < 4.78 is 4.70. The van der Waals surface area contributed by atoms with Gasteiger partial charge in [-0.1, -0.05) is 23.7 Å². The third-order valence-corrected chi connectivity index (χ3v) is 3.12. The molecule has 0 saturated carbocycles. The summed E-state index contributed by atoms with van der Waals surface area (Å²) in [5.74, 6) is -0.510. The Morgan fingerprint density at radius 2 is 2.18 bits per heavy atom. The number of rotatable bonds is 2. The number of amides is 1. The molecular formula is C12H12ClNO3. The van der Waals surface area contributed by atoms with Crippen LogP contribution in [0.25, 0.3) is 0 Å². The van der Waals surface area contributed by atoms with Gasteiger partial charge in [-0.3, -0.25) is 9.69 Å². The summed E-state index contributed by atoms with van der Waals surface area (Å²) in [7, 11) is 1.32. The second-order valence-corrected chi connectivity index (χ2v) is 4.20. The van der Waals surface area contributed by atoms with Gasteiger partial charge in [0.05, 0.1) is 17.8 Å². The van der Waals surface area contributed by atoms with Crippen molar-refractivity contribution in [3.05, 3.63) is 29.3 Å². The zero-order chi connectivity index (χ0) is 12.4. The lowest BCUT2D eigenvalue weighted by Gasteiger charge is -2.23. The molecule has 0 bridgehead atoms. The molecule has 4 nitrogen and oxygen atoms in total. The summed E-state index contributed by atoms with van der Waals surface area (Å²) in [6.45, 7) is 0. The summed E-state index contributed by atoms with van der Waals surface area (Å²) in [5, 5.41) is 0.455. The standard InChI is InChI=1S/C12H12ClNO3/c1-17-12(16)10-6-7-11(15)14(10)9-5-3-2-4-8(9)13/h2-5,10H,6-7H2,1H3. The fourth-order valence-corrected chi connectivity index (χ4v) is 2.22. The Kier molecular flexibility index (Phi) is 3.33. The minimum absolute atomic E-state index is 0.103. The lowest BCUT2D eigenvalue weighted by atomic mass is 10.2. The molecule has 5 heteroatoms. The van der Waals surface area contributed by atoms with Gasteiger partial charge >= 0.3 is 5.97 Å². The van der Waals surface area contributed by atoms with Crippen LogP contribution >= 0.6 is 11.6 Å². The first kappa shape index (κ1) is 11.9. The van der Waals surface area contributed by atoms with E-state index in [0.717, 1.165) is 0 Å². The zero-order valence-corrected chi connectivity index (χ0v) is 10.1. The first-order valence-electron chi connectivity index (χ1n) is 5.29. The van der Waals surface area contributed by atoms with Crippen molar-refractivity contribution >= 4 is 29.2 Å². The van der Waals surface area contributed by atoms with E-state index in [1.54, 1.807) is 24.3 Å². The van der Waals surface area contributed by atoms with Gasteiger partial charge < -0.3 is 4.74 Å². The van der Waals surface area contributed by atoms with Crippen molar-refractivity contribution in [3.63, 3.8) is 0 Å². The Morgan fingerprint density at radius 1 is 1.47 bits per heavy atom. The van der Waals surface area contributed by atoms with Crippen LogP contribution in [0.4, 0.5) is 5.69 Å². The Hall–Kier alpha value is -1.55. The molecule has 17 heavy (non-hydrogen) atoms. The molecule has 1 amide bonds. The summed E-state index contributed by atoms with van der Waals surface area (Å²) in [6, 6.07) is 6.41. The molecule has 1 aromatic carbocycles. The highest BCUT2D eigenvalue weighted by Crippen LogP contribution is 2.32. The molecule has 0 spiro atoms. The molecule has 0 N–H and O–H groups in total. The van der Waals surface area contributed by atoms with E-state index in [0.29, 0.717) is 23.6 Å². The van der Waals surface area contributed by atoms with E-state index in [9.17, 15) is 9.59 Å². The molecule has 0 radical (unpaired) electrons. The van der Waals surface area contributed by atoms with Gasteiger partial charge in [-0.15, -0.1) is 0 Å². The fraction of sp³-hybridized carbons (Fsp3) is 0.333. The van der Waals surface area contributed by atoms with Gasteiger partial charge in [0.1, 0.15) is 6.04 Å². The van der Waals surface area contributed by atoms with Crippen LogP contribution in [0.3, 0.4) is 0 Å². The largest absolute Gasteiger partial charge is 0.467 e. The summed E-state index contributed by atoms with van der Waals surface area (Å²) >= 11 is 6.04. The van der Waals surface area contributed by atoms with Crippen LogP contribution in [0.2, 0.25) is 5.02 Å². The first-order chi connectivity index (χ1) is 8.15. The SMILES string of the molecule is COC(=O)C1CCC(=O)N1c1ccccc1Cl. The average Bonchev–Trinajstić information content (AvgIpc) is 2.71. The van der Waals surface area contributed by atoms with E-state index in [1.165, 1.54) is 12.0 Å². The average molecular weight is 254 g/mol. The molecule has 0 aliphatic carbocycles. The molecule has 1 atom stereocenters. The predicted molar refractivity (Wildman–Crippen MR) is 64.0 cm³/mol. The van der Waals surface area contributed by atoms with E-state index >= 15 is 0 Å². The fourth-order valence-electron chi connectivity index (χ4n) is 1.99. The van der Waals surface area contributed by atoms with Gasteiger partial charge in [0.2, 0.25) is 5.91 Å². The number of methoxy groups -OCH3 is 1. The van der Waals surface area contributed by atoms with Crippen LogP contribution < -0.4 is 4.90 Å². The highest BCUT2D eigenvalue weighted by Gasteiger charge is 2.38. The topological polar surface area (TPSA) is 46.6 Å². The summed E-state index contributed by atoms with van der Waals surface area (Å²) in [5.41, 5.74) is 0.562. The molecule has 1 saturated heterocycles. The molecule has 1 unspecified atom stereocenters. The third-order valence-electron chi connectivity index (χ3n) is 2.80. The maximum atomic E-state index is 11.8. The number of anilines is 1. The van der Waals surface area contributed by atoms with Gasteiger partial charge in [-0.05, 0) is 18.6 Å². The maximum absolute atomic E-state index is 11.8. The number of nitrogens with zero attached hydrogens (tertiary/aromatic N) is 1. The lowest BCUT2D eigenvalue weighted by molar-refractivity contribution is -0.142. The Morgan fingerprint density at radius 3 is 2.82 bits per heavy atom. The van der Waals surface area contributed by atoms with Crippen LogP contribution in [0.5, 0.6) is 0 Å². The van der Waals surface area contributed by atoms with Crippen molar-refractivity contribution < 1.29 is 14.3 Å². The minimum atomic E-state index is -0.563. The molecule has 1 heterocycles. The highest BCUT2D eigenvalue weighted by molar-refractivity contribution is 6.34. The summed E-state index contributed by atoms with van der Waals surface area (Å²) in [6.07, 6.45) is 0.807. The van der Waals surface area contributed by atoms with E-state index in [2.05, 4.69) is 0 Å². The number of halogens is 1. The van der Waals surface area contributed by atoms with Crippen LogP contribution in [-0.2, 0) is 14.3 Å². The smallest absolute Gasteiger partial charge is 0.328 e. The lowest BCUT2D eigenvalue weighted by Crippen LogP contribution is -2.39. The second-order valence-electron chi connectivity index (χ2n) is 3.79. The number of para-hydroxylation sites is 1. The number of esters is 1. The molecular weight excluding hydrogens is 242 g/mol. The molecule has 1 fully saturated rings. The van der Waals surface area contributed by atoms with Crippen LogP contribution in [0.15, 0.2) is 24.3 Å². The number of hydrogen-bond acceptors (Lipinski definition) is 3. The van der Waals surface area contributed by atoms with Crippen molar-refractivity contribution in [2.45, 2.75) is 18.9 Å². The van der Waals surface area contributed by atoms with Gasteiger partial charge in [-0.2, -0.15) is 0 Å². The Balaban J connectivity index is 2.38.